The molecule has 0 radical (unpaired) electrons. The lowest BCUT2D eigenvalue weighted by Gasteiger charge is -2.33. The predicted octanol–water partition coefficient (Wildman–Crippen LogP) is 6.13. The molecule has 2 aromatic heterocycles. The molecule has 11 nitrogen and oxygen atoms in total. The highest BCUT2D eigenvalue weighted by atomic mass is 35.5. The van der Waals surface area contributed by atoms with Crippen molar-refractivity contribution in [1.29, 1.82) is 0 Å². The van der Waals surface area contributed by atoms with Crippen molar-refractivity contribution in [2.75, 3.05) is 13.2 Å². The Labute approximate surface area is 288 Å². The van der Waals surface area contributed by atoms with Crippen LogP contribution in [0.3, 0.4) is 0 Å². The van der Waals surface area contributed by atoms with Crippen LogP contribution in [0.25, 0.3) is 0 Å². The maximum atomic E-state index is 14.1. The molecule has 1 aliphatic rings. The van der Waals surface area contributed by atoms with Gasteiger partial charge in [0.15, 0.2) is 0 Å². The Morgan fingerprint density at radius 3 is 2.54 bits per heavy atom. The lowest BCUT2D eigenvalue weighted by Crippen LogP contribution is -2.46. The second kappa shape index (κ2) is 15.7. The van der Waals surface area contributed by atoms with Crippen molar-refractivity contribution in [3.05, 3.63) is 88.0 Å². The SMILES string of the molecule is CC(C)(C)N(Cc1ccc(Cl)cc1CNC(=O)[C@@H]1CCCN1C(=O)c1cc(C(O)c2ccccn2)cn1COCC[Si](C)(C)C)C(=O)O. The molecule has 3 aromatic rings. The maximum absolute atomic E-state index is 14.1. The van der Waals surface area contributed by atoms with Crippen molar-refractivity contribution >= 4 is 37.6 Å². The number of hydrogen-bond donors (Lipinski definition) is 3. The minimum Gasteiger partial charge on any atom is -0.465 e. The molecule has 3 heterocycles. The average molecular weight is 698 g/mol. The molecule has 1 unspecified atom stereocenters. The van der Waals surface area contributed by atoms with Gasteiger partial charge in [-0.2, -0.15) is 0 Å². The van der Waals surface area contributed by atoms with E-state index in [1.54, 1.807) is 64.3 Å². The molecule has 1 fully saturated rings. The first-order valence-electron chi connectivity index (χ1n) is 16.3. The third-order valence-corrected chi connectivity index (χ3v) is 10.4. The molecule has 0 spiro atoms. The third-order valence-electron chi connectivity index (χ3n) is 8.45. The van der Waals surface area contributed by atoms with E-state index in [1.165, 1.54) is 4.90 Å². The Kier molecular flexibility index (Phi) is 12.1. The topological polar surface area (TPSA) is 137 Å². The molecule has 13 heteroatoms. The quantitative estimate of drug-likeness (QED) is 0.144. The summed E-state index contributed by atoms with van der Waals surface area (Å²) in [6, 6.07) is 12.4. The van der Waals surface area contributed by atoms with Gasteiger partial charge in [-0.05, 0) is 81.1 Å². The fraction of sp³-hybridized carbons (Fsp3) is 0.486. The van der Waals surface area contributed by atoms with Gasteiger partial charge in [-0.3, -0.25) is 19.5 Å². The molecule has 1 aromatic carbocycles. The number of carboxylic acid groups (broad SMARTS) is 1. The smallest absolute Gasteiger partial charge is 0.408 e. The van der Waals surface area contributed by atoms with E-state index in [0.29, 0.717) is 53.5 Å². The number of rotatable bonds is 13. The van der Waals surface area contributed by atoms with Crippen LogP contribution < -0.4 is 5.32 Å². The second-order valence-corrected chi connectivity index (χ2v) is 20.5. The second-order valence-electron chi connectivity index (χ2n) is 14.5. The number of amides is 3. The number of benzene rings is 1. The first-order valence-corrected chi connectivity index (χ1v) is 20.4. The number of likely N-dealkylation sites (tertiary alicyclic amines) is 1. The van der Waals surface area contributed by atoms with Crippen LogP contribution in [0.1, 0.15) is 72.6 Å². The van der Waals surface area contributed by atoms with Crippen LogP contribution in [0.2, 0.25) is 30.7 Å². The predicted molar refractivity (Wildman–Crippen MR) is 188 cm³/mol. The molecule has 0 aliphatic carbocycles. The van der Waals surface area contributed by atoms with E-state index in [2.05, 4.69) is 29.9 Å². The molecular formula is C35H48ClN5O6Si. The van der Waals surface area contributed by atoms with Gasteiger partial charge in [0, 0.05) is 62.8 Å². The Balaban J connectivity index is 1.52. The van der Waals surface area contributed by atoms with Gasteiger partial charge in [-0.25, -0.2) is 4.79 Å². The number of hydrogen-bond acceptors (Lipinski definition) is 6. The van der Waals surface area contributed by atoms with E-state index < -0.39 is 31.9 Å². The summed E-state index contributed by atoms with van der Waals surface area (Å²) in [5.41, 5.74) is 2.07. The number of aliphatic hydroxyl groups excluding tert-OH is 1. The van der Waals surface area contributed by atoms with Gasteiger partial charge in [-0.15, -0.1) is 0 Å². The largest absolute Gasteiger partial charge is 0.465 e. The summed E-state index contributed by atoms with van der Waals surface area (Å²) in [6.45, 7) is 13.6. The van der Waals surface area contributed by atoms with Gasteiger partial charge in [0.2, 0.25) is 5.91 Å². The van der Waals surface area contributed by atoms with Gasteiger partial charge >= 0.3 is 6.09 Å². The monoisotopic (exact) mass is 697 g/mol. The number of pyridine rings is 1. The summed E-state index contributed by atoms with van der Waals surface area (Å²) in [5.74, 6) is -0.637. The summed E-state index contributed by atoms with van der Waals surface area (Å²) in [4.78, 5) is 46.9. The average Bonchev–Trinajstić information content (AvgIpc) is 3.68. The van der Waals surface area contributed by atoms with E-state index in [1.807, 2.05) is 20.8 Å². The molecule has 260 valence electrons. The normalized spacial score (nSPS) is 15.8. The molecular weight excluding hydrogens is 650 g/mol. The van der Waals surface area contributed by atoms with Crippen molar-refractivity contribution in [3.8, 4) is 0 Å². The molecule has 1 aliphatic heterocycles. The number of aromatic nitrogens is 2. The zero-order valence-electron chi connectivity index (χ0n) is 28.7. The fourth-order valence-corrected chi connectivity index (χ4v) is 6.57. The lowest BCUT2D eigenvalue weighted by molar-refractivity contribution is -0.125. The summed E-state index contributed by atoms with van der Waals surface area (Å²) in [6.07, 6.45) is 2.38. The number of ether oxygens (including phenoxy) is 1. The lowest BCUT2D eigenvalue weighted by atomic mass is 10.0. The highest BCUT2D eigenvalue weighted by Gasteiger charge is 2.36. The number of aliphatic hydroxyl groups is 1. The first kappa shape index (κ1) is 37.1. The number of nitrogens with zero attached hydrogens (tertiary/aromatic N) is 4. The van der Waals surface area contributed by atoms with E-state index in [9.17, 15) is 24.6 Å². The Bertz CT molecular complexity index is 1590. The summed E-state index contributed by atoms with van der Waals surface area (Å²) in [7, 11) is -1.33. The number of carbonyl (C=O) groups is 3. The van der Waals surface area contributed by atoms with E-state index >= 15 is 0 Å². The first-order chi connectivity index (χ1) is 22.5. The van der Waals surface area contributed by atoms with Crippen LogP contribution in [-0.2, 0) is 29.4 Å². The minimum atomic E-state index is -1.33. The Morgan fingerprint density at radius 2 is 1.90 bits per heavy atom. The van der Waals surface area contributed by atoms with Crippen LogP contribution in [-0.4, -0.2) is 80.3 Å². The van der Waals surface area contributed by atoms with Gasteiger partial charge in [0.05, 0.1) is 5.69 Å². The number of nitrogens with one attached hydrogen (secondary N) is 1. The maximum Gasteiger partial charge on any atom is 0.408 e. The fourth-order valence-electron chi connectivity index (χ4n) is 5.62. The molecule has 3 N–H and O–H groups in total. The minimum absolute atomic E-state index is 0.118. The van der Waals surface area contributed by atoms with Crippen LogP contribution >= 0.6 is 11.6 Å². The highest BCUT2D eigenvalue weighted by molar-refractivity contribution is 6.76. The molecule has 0 saturated carbocycles. The summed E-state index contributed by atoms with van der Waals surface area (Å²) < 4.78 is 7.69. The molecule has 48 heavy (non-hydrogen) atoms. The third kappa shape index (κ3) is 9.68. The molecule has 4 rings (SSSR count). The van der Waals surface area contributed by atoms with Crippen LogP contribution in [0.15, 0.2) is 54.9 Å². The molecule has 1 saturated heterocycles. The van der Waals surface area contributed by atoms with E-state index in [0.717, 1.165) is 11.6 Å². The molecule has 3 amide bonds. The molecule has 2 atom stereocenters. The zero-order chi connectivity index (χ0) is 35.2. The van der Waals surface area contributed by atoms with E-state index in [-0.39, 0.29) is 31.6 Å². The molecule has 0 bridgehead atoms. The van der Waals surface area contributed by atoms with Crippen LogP contribution in [0, 0.1) is 0 Å². The van der Waals surface area contributed by atoms with Crippen molar-refractivity contribution in [3.63, 3.8) is 0 Å². The zero-order valence-corrected chi connectivity index (χ0v) is 30.5. The van der Waals surface area contributed by atoms with E-state index in [4.69, 9.17) is 16.3 Å². The van der Waals surface area contributed by atoms with Crippen molar-refractivity contribution in [2.24, 2.45) is 0 Å². The van der Waals surface area contributed by atoms with Gasteiger partial charge in [0.1, 0.15) is 24.6 Å². The standard InChI is InChI=1S/C35H48ClN5O6Si/c1-35(2,3)41(34(45)46)22-24-12-13-27(36)18-25(24)20-38-32(43)29-11-9-15-40(29)33(44)30-19-26(31(42)28-10-7-8-14-37-28)21-39(30)23-47-16-17-48(4,5)6/h7-8,10,12-14,18-19,21,29,31,42H,9,11,15-17,20,22-23H2,1-6H3,(H,38,43)(H,45,46)/t29-,31?/m0/s1. The van der Waals surface area contributed by atoms with Gasteiger partial charge in [-0.1, -0.05) is 43.4 Å². The Morgan fingerprint density at radius 1 is 1.15 bits per heavy atom. The number of halogens is 1. The summed E-state index contributed by atoms with van der Waals surface area (Å²) in [5, 5.41) is 24.4. The van der Waals surface area contributed by atoms with Crippen LogP contribution in [0.4, 0.5) is 4.79 Å². The number of carbonyl (C=O) groups excluding carboxylic acids is 2. The van der Waals surface area contributed by atoms with Crippen molar-refractivity contribution < 1.29 is 29.3 Å². The van der Waals surface area contributed by atoms with Gasteiger partial charge < -0.3 is 29.7 Å². The highest BCUT2D eigenvalue weighted by Crippen LogP contribution is 2.27. The van der Waals surface area contributed by atoms with Crippen molar-refractivity contribution in [2.45, 2.75) is 96.8 Å². The Hall–Kier alpha value is -3.71. The van der Waals surface area contributed by atoms with Gasteiger partial charge in [0.25, 0.3) is 5.91 Å². The van der Waals surface area contributed by atoms with Crippen LogP contribution in [0.5, 0.6) is 0 Å². The van der Waals surface area contributed by atoms with Crippen molar-refractivity contribution in [1.82, 2.24) is 24.7 Å². The summed E-state index contributed by atoms with van der Waals surface area (Å²) >= 11 is 6.30.